The van der Waals surface area contributed by atoms with Gasteiger partial charge in [-0.3, -0.25) is 0 Å². The lowest BCUT2D eigenvalue weighted by molar-refractivity contribution is 0.615. The molecule has 0 radical (unpaired) electrons. The molecule has 0 bridgehead atoms. The Balaban J connectivity index is 2.23. The van der Waals surface area contributed by atoms with Crippen LogP contribution in [0.3, 0.4) is 0 Å². The Morgan fingerprint density at radius 3 is 2.54 bits per heavy atom. The SMILES string of the molecule is CC[C@H]1C[C@]1(N)c1ccc(Cl)cc1. The van der Waals surface area contributed by atoms with E-state index in [-0.39, 0.29) is 5.54 Å². The highest BCUT2D eigenvalue weighted by atomic mass is 35.5. The Labute approximate surface area is 83.9 Å². The first-order valence-electron chi connectivity index (χ1n) is 4.71. The molecule has 1 aliphatic rings. The Hall–Kier alpha value is -0.530. The van der Waals surface area contributed by atoms with Gasteiger partial charge >= 0.3 is 0 Å². The molecule has 2 rings (SSSR count). The fourth-order valence-electron chi connectivity index (χ4n) is 1.97. The number of hydrogen-bond donors (Lipinski definition) is 1. The maximum Gasteiger partial charge on any atom is 0.0442 e. The van der Waals surface area contributed by atoms with Crippen molar-refractivity contribution in [2.24, 2.45) is 11.7 Å². The average Bonchev–Trinajstić information content (AvgIpc) is 2.80. The van der Waals surface area contributed by atoms with Crippen molar-refractivity contribution in [1.82, 2.24) is 0 Å². The molecule has 1 nitrogen and oxygen atoms in total. The van der Waals surface area contributed by atoms with E-state index in [2.05, 4.69) is 6.92 Å². The van der Waals surface area contributed by atoms with Gasteiger partial charge in [-0.25, -0.2) is 0 Å². The van der Waals surface area contributed by atoms with E-state index in [1.165, 1.54) is 12.0 Å². The maximum atomic E-state index is 6.23. The number of nitrogens with two attached hydrogens (primary N) is 1. The van der Waals surface area contributed by atoms with Gasteiger partial charge in [-0.2, -0.15) is 0 Å². The van der Waals surface area contributed by atoms with Crippen LogP contribution < -0.4 is 5.73 Å². The molecule has 0 amide bonds. The summed E-state index contributed by atoms with van der Waals surface area (Å²) >= 11 is 5.81. The second-order valence-corrected chi connectivity index (χ2v) is 4.29. The molecule has 2 N–H and O–H groups in total. The fourth-order valence-corrected chi connectivity index (χ4v) is 2.10. The summed E-state index contributed by atoms with van der Waals surface area (Å²) in [5, 5.41) is 0.779. The quantitative estimate of drug-likeness (QED) is 0.772. The zero-order valence-electron chi connectivity index (χ0n) is 7.76. The van der Waals surface area contributed by atoms with Crippen LogP contribution in [-0.2, 0) is 5.54 Å². The van der Waals surface area contributed by atoms with Crippen LogP contribution in [0.5, 0.6) is 0 Å². The number of benzene rings is 1. The number of rotatable bonds is 2. The molecule has 2 atom stereocenters. The lowest BCUT2D eigenvalue weighted by Crippen LogP contribution is -2.21. The number of hydrogen-bond acceptors (Lipinski definition) is 1. The number of halogens is 1. The maximum absolute atomic E-state index is 6.23. The molecule has 0 unspecified atom stereocenters. The van der Waals surface area contributed by atoms with Crippen LogP contribution in [0.1, 0.15) is 25.3 Å². The third-order valence-corrected chi connectivity index (χ3v) is 3.28. The van der Waals surface area contributed by atoms with E-state index in [9.17, 15) is 0 Å². The van der Waals surface area contributed by atoms with E-state index in [1.54, 1.807) is 0 Å². The minimum absolute atomic E-state index is 0.0562. The summed E-state index contributed by atoms with van der Waals surface area (Å²) in [6.07, 6.45) is 2.28. The largest absolute Gasteiger partial charge is 0.321 e. The first-order valence-corrected chi connectivity index (χ1v) is 5.09. The van der Waals surface area contributed by atoms with Crippen molar-refractivity contribution in [1.29, 1.82) is 0 Å². The van der Waals surface area contributed by atoms with Crippen LogP contribution in [0.2, 0.25) is 5.02 Å². The van der Waals surface area contributed by atoms with Crippen LogP contribution in [-0.4, -0.2) is 0 Å². The van der Waals surface area contributed by atoms with Crippen molar-refractivity contribution in [2.45, 2.75) is 25.3 Å². The van der Waals surface area contributed by atoms with Gasteiger partial charge in [0.15, 0.2) is 0 Å². The van der Waals surface area contributed by atoms with Crippen molar-refractivity contribution in [3.8, 4) is 0 Å². The Morgan fingerprint density at radius 2 is 2.08 bits per heavy atom. The van der Waals surface area contributed by atoms with Crippen molar-refractivity contribution in [2.75, 3.05) is 0 Å². The summed E-state index contributed by atoms with van der Waals surface area (Å²) in [7, 11) is 0. The normalized spacial score (nSPS) is 31.8. The Bertz CT molecular complexity index is 306. The van der Waals surface area contributed by atoms with Gasteiger partial charge in [0, 0.05) is 10.6 Å². The van der Waals surface area contributed by atoms with Crippen molar-refractivity contribution >= 4 is 11.6 Å². The summed E-state index contributed by atoms with van der Waals surface area (Å²) in [6, 6.07) is 7.91. The standard InChI is InChI=1S/C11H14ClN/c1-2-8-7-11(8,13)9-3-5-10(12)6-4-9/h3-6,8H,2,7,13H2,1H3/t8-,11+/m0/s1. The molecule has 0 aliphatic heterocycles. The van der Waals surface area contributed by atoms with Gasteiger partial charge in [0.2, 0.25) is 0 Å². The molecule has 1 aliphatic carbocycles. The monoisotopic (exact) mass is 195 g/mol. The molecule has 0 spiro atoms. The molecule has 1 aromatic rings. The molecule has 70 valence electrons. The Kier molecular flexibility index (Phi) is 2.09. The molecular formula is C11H14ClN. The third-order valence-electron chi connectivity index (χ3n) is 3.03. The zero-order chi connectivity index (χ0) is 9.47. The highest BCUT2D eigenvalue weighted by Crippen LogP contribution is 2.51. The van der Waals surface area contributed by atoms with E-state index in [0.717, 1.165) is 11.4 Å². The lowest BCUT2D eigenvalue weighted by Gasteiger charge is -2.11. The molecule has 0 aromatic heterocycles. The summed E-state index contributed by atoms with van der Waals surface area (Å²) < 4.78 is 0. The van der Waals surface area contributed by atoms with Gasteiger partial charge in [-0.05, 0) is 30.0 Å². The Morgan fingerprint density at radius 1 is 1.46 bits per heavy atom. The van der Waals surface area contributed by atoms with Crippen LogP contribution in [0.4, 0.5) is 0 Å². The van der Waals surface area contributed by atoms with E-state index < -0.39 is 0 Å². The van der Waals surface area contributed by atoms with Gasteiger partial charge in [0.05, 0.1) is 0 Å². The van der Waals surface area contributed by atoms with Crippen molar-refractivity contribution < 1.29 is 0 Å². The highest BCUT2D eigenvalue weighted by Gasteiger charge is 2.50. The summed E-state index contributed by atoms with van der Waals surface area (Å²) in [5.41, 5.74) is 7.40. The first kappa shape index (κ1) is 9.04. The smallest absolute Gasteiger partial charge is 0.0442 e. The minimum Gasteiger partial charge on any atom is -0.321 e. The van der Waals surface area contributed by atoms with Gasteiger partial charge in [-0.15, -0.1) is 0 Å². The predicted molar refractivity (Wildman–Crippen MR) is 55.7 cm³/mol. The van der Waals surface area contributed by atoms with Crippen molar-refractivity contribution in [3.05, 3.63) is 34.9 Å². The van der Waals surface area contributed by atoms with Crippen LogP contribution >= 0.6 is 11.6 Å². The molecule has 0 heterocycles. The van der Waals surface area contributed by atoms with Gasteiger partial charge < -0.3 is 5.73 Å². The second kappa shape index (κ2) is 3.00. The molecule has 13 heavy (non-hydrogen) atoms. The van der Waals surface area contributed by atoms with Gasteiger partial charge in [-0.1, -0.05) is 37.1 Å². The zero-order valence-corrected chi connectivity index (χ0v) is 8.51. The van der Waals surface area contributed by atoms with Crippen LogP contribution in [0, 0.1) is 5.92 Å². The molecule has 1 fully saturated rings. The van der Waals surface area contributed by atoms with Gasteiger partial charge in [0.25, 0.3) is 0 Å². The topological polar surface area (TPSA) is 26.0 Å². The molecule has 1 aromatic carbocycles. The molecule has 1 saturated carbocycles. The van der Waals surface area contributed by atoms with E-state index in [0.29, 0.717) is 5.92 Å². The second-order valence-electron chi connectivity index (χ2n) is 3.86. The van der Waals surface area contributed by atoms with Crippen LogP contribution in [0.15, 0.2) is 24.3 Å². The molecule has 0 saturated heterocycles. The van der Waals surface area contributed by atoms with Crippen LogP contribution in [0.25, 0.3) is 0 Å². The average molecular weight is 196 g/mol. The van der Waals surface area contributed by atoms with E-state index in [1.807, 2.05) is 24.3 Å². The van der Waals surface area contributed by atoms with E-state index in [4.69, 9.17) is 17.3 Å². The van der Waals surface area contributed by atoms with E-state index >= 15 is 0 Å². The van der Waals surface area contributed by atoms with Crippen molar-refractivity contribution in [3.63, 3.8) is 0 Å². The minimum atomic E-state index is -0.0562. The first-order chi connectivity index (χ1) is 6.16. The fraction of sp³-hybridized carbons (Fsp3) is 0.455. The highest BCUT2D eigenvalue weighted by molar-refractivity contribution is 6.30. The summed E-state index contributed by atoms with van der Waals surface area (Å²) in [5.74, 6) is 0.661. The lowest BCUT2D eigenvalue weighted by atomic mass is 10.0. The summed E-state index contributed by atoms with van der Waals surface area (Å²) in [4.78, 5) is 0. The third kappa shape index (κ3) is 1.47. The predicted octanol–water partition coefficient (Wildman–Crippen LogP) is 2.92. The van der Waals surface area contributed by atoms with Gasteiger partial charge in [0.1, 0.15) is 0 Å². The molecular weight excluding hydrogens is 182 g/mol. The molecule has 2 heteroatoms. The summed E-state index contributed by atoms with van der Waals surface area (Å²) in [6.45, 7) is 2.19.